The molecule has 0 saturated carbocycles. The van der Waals surface area contributed by atoms with Crippen molar-refractivity contribution >= 4 is 17.7 Å². The first-order valence-corrected chi connectivity index (χ1v) is 11.0. The molecule has 1 aliphatic rings. The van der Waals surface area contributed by atoms with Crippen LogP contribution < -0.4 is 9.47 Å². The Morgan fingerprint density at radius 1 is 1.07 bits per heavy atom. The number of ether oxygens (including phenoxy) is 2. The number of hydrogen-bond acceptors (Lipinski definition) is 4. The van der Waals surface area contributed by atoms with Crippen LogP contribution in [0.1, 0.15) is 35.2 Å². The molecular weight excluding hydrogens is 370 g/mol. The number of rotatable bonds is 7. The number of carbonyl (C=O) groups excluding carboxylic acids is 1. The molecule has 0 N–H and O–H groups in total. The lowest BCUT2D eigenvalue weighted by molar-refractivity contribution is 0.0683. The van der Waals surface area contributed by atoms with Crippen molar-refractivity contribution in [3.63, 3.8) is 0 Å². The molecule has 0 unspecified atom stereocenters. The number of nitrogens with zero attached hydrogens (tertiary/aromatic N) is 1. The number of carbonyl (C=O) groups is 1. The molecule has 28 heavy (non-hydrogen) atoms. The predicted molar refractivity (Wildman–Crippen MR) is 115 cm³/mol. The van der Waals surface area contributed by atoms with E-state index >= 15 is 0 Å². The van der Waals surface area contributed by atoms with Crippen molar-refractivity contribution in [2.24, 2.45) is 5.92 Å². The Morgan fingerprint density at radius 3 is 2.39 bits per heavy atom. The Morgan fingerprint density at radius 2 is 1.79 bits per heavy atom. The molecule has 1 saturated heterocycles. The van der Waals surface area contributed by atoms with Gasteiger partial charge in [0.15, 0.2) is 0 Å². The van der Waals surface area contributed by atoms with Crippen LogP contribution in [-0.4, -0.2) is 44.4 Å². The second-order valence-electron chi connectivity index (χ2n) is 7.19. The number of hydrogen-bond donors (Lipinski definition) is 0. The maximum Gasteiger partial charge on any atom is 0.257 e. The van der Waals surface area contributed by atoms with E-state index < -0.39 is 0 Å². The fraction of sp³-hybridized carbons (Fsp3) is 0.435. The third-order valence-corrected chi connectivity index (χ3v) is 6.27. The molecule has 0 aliphatic carbocycles. The summed E-state index contributed by atoms with van der Waals surface area (Å²) in [6.07, 6.45) is 6.39. The average molecular weight is 400 g/mol. The van der Waals surface area contributed by atoms with Crippen LogP contribution in [0.5, 0.6) is 11.5 Å². The topological polar surface area (TPSA) is 38.8 Å². The van der Waals surface area contributed by atoms with E-state index in [0.29, 0.717) is 17.2 Å². The highest BCUT2D eigenvalue weighted by Gasteiger charge is 2.25. The van der Waals surface area contributed by atoms with Crippen LogP contribution in [0.4, 0.5) is 0 Å². The first kappa shape index (κ1) is 20.6. The van der Waals surface area contributed by atoms with E-state index in [1.54, 1.807) is 26.0 Å². The Hall–Kier alpha value is -2.14. The first-order valence-electron chi connectivity index (χ1n) is 9.79. The highest BCUT2D eigenvalue weighted by atomic mass is 32.2. The number of likely N-dealkylation sites (tertiary alicyclic amines) is 1. The molecule has 1 aliphatic heterocycles. The second-order valence-corrected chi connectivity index (χ2v) is 8.07. The van der Waals surface area contributed by atoms with Crippen molar-refractivity contribution in [2.45, 2.75) is 30.6 Å². The second kappa shape index (κ2) is 9.87. The van der Waals surface area contributed by atoms with Crippen molar-refractivity contribution in [1.82, 2.24) is 4.90 Å². The predicted octanol–water partition coefficient (Wildman–Crippen LogP) is 4.91. The molecule has 150 valence electrons. The zero-order chi connectivity index (χ0) is 19.9. The van der Waals surface area contributed by atoms with E-state index in [1.165, 1.54) is 12.0 Å². The largest absolute Gasteiger partial charge is 0.497 e. The van der Waals surface area contributed by atoms with Crippen LogP contribution in [0.2, 0.25) is 0 Å². The van der Waals surface area contributed by atoms with Crippen molar-refractivity contribution in [3.05, 3.63) is 53.6 Å². The molecule has 1 amide bonds. The summed E-state index contributed by atoms with van der Waals surface area (Å²) in [7, 11) is 3.32. The molecule has 5 heteroatoms. The Bertz CT molecular complexity index is 783. The molecule has 2 aromatic rings. The van der Waals surface area contributed by atoms with Gasteiger partial charge in [0.05, 0.1) is 19.8 Å². The van der Waals surface area contributed by atoms with Crippen LogP contribution >= 0.6 is 11.8 Å². The first-order chi connectivity index (χ1) is 13.6. The van der Waals surface area contributed by atoms with Gasteiger partial charge in [-0.3, -0.25) is 4.79 Å². The minimum absolute atomic E-state index is 0.0816. The minimum atomic E-state index is 0.0816. The van der Waals surface area contributed by atoms with Crippen LogP contribution in [0, 0.1) is 5.92 Å². The summed E-state index contributed by atoms with van der Waals surface area (Å²) in [4.78, 5) is 16.0. The summed E-state index contributed by atoms with van der Waals surface area (Å²) in [5.41, 5.74) is 2.01. The molecule has 0 atom stereocenters. The van der Waals surface area contributed by atoms with Crippen molar-refractivity contribution in [2.75, 3.05) is 33.6 Å². The van der Waals surface area contributed by atoms with Crippen molar-refractivity contribution in [1.29, 1.82) is 0 Å². The SMILES string of the molecule is COc1ccc(CCC2CCN(C(=O)c3ccc(SC)cc3OC)CC2)cc1. The number of piperidine rings is 1. The van der Waals surface area contributed by atoms with Gasteiger partial charge in [0, 0.05) is 18.0 Å². The van der Waals surface area contributed by atoms with E-state index in [9.17, 15) is 4.79 Å². The Kier molecular flexibility index (Phi) is 7.26. The molecule has 3 rings (SSSR count). The highest BCUT2D eigenvalue weighted by molar-refractivity contribution is 7.98. The van der Waals surface area contributed by atoms with Gasteiger partial charge in [0.1, 0.15) is 11.5 Å². The van der Waals surface area contributed by atoms with E-state index in [2.05, 4.69) is 12.1 Å². The maximum atomic E-state index is 13.0. The summed E-state index contributed by atoms with van der Waals surface area (Å²) >= 11 is 1.65. The Balaban J connectivity index is 1.52. The lowest BCUT2D eigenvalue weighted by Gasteiger charge is -2.32. The van der Waals surface area contributed by atoms with Gasteiger partial charge < -0.3 is 14.4 Å². The van der Waals surface area contributed by atoms with Gasteiger partial charge in [0.25, 0.3) is 5.91 Å². The summed E-state index contributed by atoms with van der Waals surface area (Å²) in [6, 6.07) is 14.1. The van der Waals surface area contributed by atoms with Crippen LogP contribution in [0.25, 0.3) is 0 Å². The maximum absolute atomic E-state index is 13.0. The zero-order valence-electron chi connectivity index (χ0n) is 16.9. The zero-order valence-corrected chi connectivity index (χ0v) is 17.8. The lowest BCUT2D eigenvalue weighted by Crippen LogP contribution is -2.38. The number of amides is 1. The van der Waals surface area contributed by atoms with Crippen LogP contribution in [0.3, 0.4) is 0 Å². The lowest BCUT2D eigenvalue weighted by atomic mass is 9.90. The van der Waals surface area contributed by atoms with Gasteiger partial charge in [-0.2, -0.15) is 0 Å². The number of methoxy groups -OCH3 is 2. The molecule has 1 fully saturated rings. The third-order valence-electron chi connectivity index (χ3n) is 5.54. The van der Waals surface area contributed by atoms with Crippen molar-refractivity contribution in [3.8, 4) is 11.5 Å². The van der Waals surface area contributed by atoms with Gasteiger partial charge >= 0.3 is 0 Å². The fourth-order valence-electron chi connectivity index (χ4n) is 3.73. The van der Waals surface area contributed by atoms with Crippen LogP contribution in [-0.2, 0) is 6.42 Å². The van der Waals surface area contributed by atoms with Gasteiger partial charge in [-0.05, 0) is 73.8 Å². The summed E-state index contributed by atoms with van der Waals surface area (Å²) in [5.74, 6) is 2.32. The number of aryl methyl sites for hydroxylation is 1. The molecule has 4 nitrogen and oxygen atoms in total. The summed E-state index contributed by atoms with van der Waals surface area (Å²) < 4.78 is 10.7. The standard InChI is InChI=1S/C23H29NO3S/c1-26-19-8-6-17(7-9-19)4-5-18-12-14-24(15-13-18)23(25)21-11-10-20(28-3)16-22(21)27-2/h6-11,16,18H,4-5,12-15H2,1-3H3. The van der Waals surface area contributed by atoms with Gasteiger partial charge in [-0.1, -0.05) is 12.1 Å². The highest BCUT2D eigenvalue weighted by Crippen LogP contribution is 2.29. The van der Waals surface area contributed by atoms with Crippen LogP contribution in [0.15, 0.2) is 47.4 Å². The number of thioether (sulfide) groups is 1. The van der Waals surface area contributed by atoms with E-state index in [1.807, 2.05) is 41.5 Å². The average Bonchev–Trinajstić information content (AvgIpc) is 2.77. The molecule has 2 aromatic carbocycles. The van der Waals surface area contributed by atoms with Gasteiger partial charge in [0.2, 0.25) is 0 Å². The van der Waals surface area contributed by atoms with Crippen molar-refractivity contribution < 1.29 is 14.3 Å². The quantitative estimate of drug-likeness (QED) is 0.620. The van der Waals surface area contributed by atoms with Gasteiger partial charge in [-0.15, -0.1) is 11.8 Å². The normalized spacial score (nSPS) is 14.8. The molecule has 0 bridgehead atoms. The molecule has 1 heterocycles. The monoisotopic (exact) mass is 399 g/mol. The summed E-state index contributed by atoms with van der Waals surface area (Å²) in [5, 5.41) is 0. The smallest absolute Gasteiger partial charge is 0.257 e. The molecule has 0 aromatic heterocycles. The van der Waals surface area contributed by atoms with E-state index in [-0.39, 0.29) is 5.91 Å². The number of benzene rings is 2. The Labute approximate surface area is 172 Å². The van der Waals surface area contributed by atoms with E-state index in [4.69, 9.17) is 9.47 Å². The fourth-order valence-corrected chi connectivity index (χ4v) is 4.16. The third kappa shape index (κ3) is 5.02. The summed E-state index contributed by atoms with van der Waals surface area (Å²) in [6.45, 7) is 1.64. The van der Waals surface area contributed by atoms with Gasteiger partial charge in [-0.25, -0.2) is 0 Å². The van der Waals surface area contributed by atoms with E-state index in [0.717, 1.165) is 43.0 Å². The molecular formula is C23H29NO3S. The molecule has 0 radical (unpaired) electrons. The molecule has 0 spiro atoms. The minimum Gasteiger partial charge on any atom is -0.497 e.